The number of hydrogen-bond donors (Lipinski definition) is 2. The van der Waals surface area contributed by atoms with Crippen LogP contribution in [0.5, 0.6) is 0 Å². The summed E-state index contributed by atoms with van der Waals surface area (Å²) >= 11 is 7.54. The molecule has 1 fully saturated rings. The topological polar surface area (TPSA) is 49.3 Å². The van der Waals surface area contributed by atoms with Crippen LogP contribution < -0.4 is 5.32 Å². The molecule has 2 rings (SSSR count). The van der Waals surface area contributed by atoms with Crippen LogP contribution in [0.2, 0.25) is 0 Å². The van der Waals surface area contributed by atoms with E-state index < -0.39 is 5.60 Å². The zero-order valence-electron chi connectivity index (χ0n) is 7.02. The number of aliphatic hydroxyl groups is 1. The van der Waals surface area contributed by atoms with Crippen LogP contribution in [0.4, 0.5) is 0 Å². The summed E-state index contributed by atoms with van der Waals surface area (Å²) in [6, 6.07) is 0. The molecule has 2 N–H and O–H groups in total. The minimum atomic E-state index is -0.996. The summed E-state index contributed by atoms with van der Waals surface area (Å²) in [5.41, 5.74) is -0.996. The summed E-state index contributed by atoms with van der Waals surface area (Å²) in [6.45, 7) is 0. The van der Waals surface area contributed by atoms with Crippen LogP contribution in [0.3, 0.4) is 0 Å². The van der Waals surface area contributed by atoms with E-state index in [1.54, 1.807) is 12.2 Å². The average molecular weight is 245 g/mol. The van der Waals surface area contributed by atoms with Crippen LogP contribution >= 0.6 is 35.7 Å². The first-order valence-electron chi connectivity index (χ1n) is 3.87. The third-order valence-electron chi connectivity index (χ3n) is 1.79. The molecule has 74 valence electrons. The van der Waals surface area contributed by atoms with E-state index in [1.165, 1.54) is 23.5 Å². The van der Waals surface area contributed by atoms with Crippen molar-refractivity contribution in [2.24, 2.45) is 0 Å². The van der Waals surface area contributed by atoms with Gasteiger partial charge in [-0.3, -0.25) is 4.79 Å². The molecule has 0 radical (unpaired) electrons. The van der Waals surface area contributed by atoms with Gasteiger partial charge in [0.2, 0.25) is 0 Å². The Labute approximate surface area is 95.0 Å². The van der Waals surface area contributed by atoms with Gasteiger partial charge < -0.3 is 10.4 Å². The maximum absolute atomic E-state index is 11.3. The summed E-state index contributed by atoms with van der Waals surface area (Å²) in [7, 11) is 0. The Hall–Kier alpha value is -0.300. The lowest BCUT2D eigenvalue weighted by atomic mass is 10.1. The fourth-order valence-corrected chi connectivity index (χ4v) is 3.12. The molecule has 2 aliphatic rings. The summed E-state index contributed by atoms with van der Waals surface area (Å²) < 4.78 is 0.444. The first-order chi connectivity index (χ1) is 6.59. The Morgan fingerprint density at radius 2 is 2.50 bits per heavy atom. The summed E-state index contributed by atoms with van der Waals surface area (Å²) in [4.78, 5) is 11.8. The number of carbonyl (C=O) groups excluding carboxylic acids is 1. The summed E-state index contributed by atoms with van der Waals surface area (Å²) in [6.07, 6.45) is 3.24. The monoisotopic (exact) mass is 245 g/mol. The van der Waals surface area contributed by atoms with Gasteiger partial charge in [-0.1, -0.05) is 24.0 Å². The Bertz CT molecular complexity index is 364. The van der Waals surface area contributed by atoms with Crippen molar-refractivity contribution >= 4 is 46.0 Å². The van der Waals surface area contributed by atoms with E-state index in [1.807, 2.05) is 5.41 Å². The zero-order valence-corrected chi connectivity index (χ0v) is 9.47. The standard InChI is InChI=1S/C8H7NO2S3/c10-6-5(14-7(12)9-6)3-8(11)1-2-13-4-8/h1-3,11H,4H2,(H,9,10,12). The SMILES string of the molecule is O=C1NC(=S)SC1=CC1(O)C=CSC1. The molecule has 2 aliphatic heterocycles. The molecule has 3 nitrogen and oxygen atoms in total. The van der Waals surface area contributed by atoms with Crippen molar-refractivity contribution in [1.29, 1.82) is 0 Å². The Morgan fingerprint density at radius 1 is 1.71 bits per heavy atom. The average Bonchev–Trinajstić information content (AvgIpc) is 2.61. The lowest BCUT2D eigenvalue weighted by Crippen LogP contribution is -2.25. The van der Waals surface area contributed by atoms with Crippen molar-refractivity contribution in [3.63, 3.8) is 0 Å². The third-order valence-corrected chi connectivity index (χ3v) is 3.91. The molecule has 1 atom stereocenters. The first-order valence-corrected chi connectivity index (χ1v) is 6.14. The van der Waals surface area contributed by atoms with Crippen LogP contribution in [0.25, 0.3) is 0 Å². The van der Waals surface area contributed by atoms with Gasteiger partial charge in [-0.2, -0.15) is 0 Å². The van der Waals surface area contributed by atoms with E-state index in [0.717, 1.165) is 0 Å². The largest absolute Gasteiger partial charge is 0.381 e. The van der Waals surface area contributed by atoms with E-state index in [4.69, 9.17) is 12.2 Å². The van der Waals surface area contributed by atoms with Crippen LogP contribution in [-0.4, -0.2) is 26.7 Å². The first kappa shape index (κ1) is 10.2. The molecule has 6 heteroatoms. The van der Waals surface area contributed by atoms with E-state index in [9.17, 15) is 9.90 Å². The Morgan fingerprint density at radius 3 is 3.00 bits per heavy atom. The number of rotatable bonds is 1. The van der Waals surface area contributed by atoms with E-state index >= 15 is 0 Å². The normalized spacial score (nSPS) is 34.2. The Kier molecular flexibility index (Phi) is 2.70. The highest BCUT2D eigenvalue weighted by atomic mass is 32.2. The van der Waals surface area contributed by atoms with Crippen molar-refractivity contribution in [2.45, 2.75) is 5.60 Å². The highest BCUT2D eigenvalue weighted by Gasteiger charge is 2.30. The van der Waals surface area contributed by atoms with Gasteiger partial charge in [0.25, 0.3) is 5.91 Å². The molecule has 0 spiro atoms. The molecule has 1 unspecified atom stereocenters. The van der Waals surface area contributed by atoms with Crippen LogP contribution in [-0.2, 0) is 4.79 Å². The van der Waals surface area contributed by atoms with Crippen molar-refractivity contribution in [3.8, 4) is 0 Å². The van der Waals surface area contributed by atoms with Gasteiger partial charge in [-0.15, -0.1) is 11.8 Å². The van der Waals surface area contributed by atoms with Gasteiger partial charge in [0.1, 0.15) is 9.92 Å². The number of carbonyl (C=O) groups is 1. The quantitative estimate of drug-likeness (QED) is 0.533. The fraction of sp³-hybridized carbons (Fsp3) is 0.250. The molecule has 14 heavy (non-hydrogen) atoms. The molecule has 0 aromatic carbocycles. The fourth-order valence-electron chi connectivity index (χ4n) is 1.13. The molecular weight excluding hydrogens is 238 g/mol. The zero-order chi connectivity index (χ0) is 10.2. The highest BCUT2D eigenvalue weighted by molar-refractivity contribution is 8.26. The van der Waals surface area contributed by atoms with Gasteiger partial charge in [0, 0.05) is 5.75 Å². The molecule has 2 heterocycles. The molecule has 1 saturated heterocycles. The lowest BCUT2D eigenvalue weighted by molar-refractivity contribution is -0.115. The molecule has 0 aromatic rings. The second kappa shape index (κ2) is 3.69. The molecule has 1 amide bonds. The minimum absolute atomic E-state index is 0.223. The predicted octanol–water partition coefficient (Wildman–Crippen LogP) is 1.01. The van der Waals surface area contributed by atoms with Crippen LogP contribution in [0.1, 0.15) is 0 Å². The minimum Gasteiger partial charge on any atom is -0.381 e. The molecule has 0 aromatic heterocycles. The smallest absolute Gasteiger partial charge is 0.263 e. The van der Waals surface area contributed by atoms with Crippen LogP contribution in [0.15, 0.2) is 22.5 Å². The maximum atomic E-state index is 11.3. The second-order valence-corrected chi connectivity index (χ2v) is 5.57. The van der Waals surface area contributed by atoms with E-state index in [2.05, 4.69) is 5.32 Å². The maximum Gasteiger partial charge on any atom is 0.263 e. The molecular formula is C8H7NO2S3. The number of thioether (sulfide) groups is 2. The number of nitrogens with one attached hydrogen (secondary N) is 1. The van der Waals surface area contributed by atoms with Crippen molar-refractivity contribution in [3.05, 3.63) is 22.5 Å². The van der Waals surface area contributed by atoms with E-state index in [-0.39, 0.29) is 5.91 Å². The number of thiocarbonyl (C=S) groups is 1. The van der Waals surface area contributed by atoms with Gasteiger partial charge in [-0.25, -0.2) is 0 Å². The number of hydrogen-bond acceptors (Lipinski definition) is 5. The molecule has 0 bridgehead atoms. The lowest BCUT2D eigenvalue weighted by Gasteiger charge is -2.14. The summed E-state index contributed by atoms with van der Waals surface area (Å²) in [5, 5.41) is 14.3. The summed E-state index contributed by atoms with van der Waals surface area (Å²) in [5.74, 6) is 0.329. The van der Waals surface area contributed by atoms with E-state index in [0.29, 0.717) is 15.0 Å². The van der Waals surface area contributed by atoms with Crippen molar-refractivity contribution in [1.82, 2.24) is 5.32 Å². The van der Waals surface area contributed by atoms with Gasteiger partial charge in [0.15, 0.2) is 0 Å². The van der Waals surface area contributed by atoms with Crippen LogP contribution in [0, 0.1) is 0 Å². The molecule has 0 aliphatic carbocycles. The third kappa shape index (κ3) is 2.03. The van der Waals surface area contributed by atoms with Gasteiger partial charge in [0.05, 0.1) is 4.91 Å². The van der Waals surface area contributed by atoms with Crippen molar-refractivity contribution < 1.29 is 9.90 Å². The van der Waals surface area contributed by atoms with Crippen molar-refractivity contribution in [2.75, 3.05) is 5.75 Å². The second-order valence-electron chi connectivity index (χ2n) is 2.96. The number of amides is 1. The molecule has 0 saturated carbocycles. The predicted molar refractivity (Wildman–Crippen MR) is 63.0 cm³/mol. The van der Waals surface area contributed by atoms with Gasteiger partial charge >= 0.3 is 0 Å². The highest BCUT2D eigenvalue weighted by Crippen LogP contribution is 2.31. The Balaban J connectivity index is 2.22. The van der Waals surface area contributed by atoms with Gasteiger partial charge in [-0.05, 0) is 17.6 Å².